The molecule has 3 nitrogen and oxygen atoms in total. The van der Waals surface area contributed by atoms with Crippen LogP contribution in [0.15, 0.2) is 22.7 Å². The Hall–Kier alpha value is -1.17. The van der Waals surface area contributed by atoms with Crippen molar-refractivity contribution in [2.45, 2.75) is 5.92 Å². The van der Waals surface area contributed by atoms with Crippen molar-refractivity contribution in [1.29, 1.82) is 0 Å². The minimum Gasteiger partial charge on any atom is -0.507 e. The summed E-state index contributed by atoms with van der Waals surface area (Å²) >= 11 is 2.90. The number of carboxylic acids is 1. The summed E-state index contributed by atoms with van der Waals surface area (Å²) in [6, 6.07) is 3.19. The van der Waals surface area contributed by atoms with Crippen LogP contribution in [-0.4, -0.2) is 16.2 Å². The Morgan fingerprint density at radius 2 is 2.00 bits per heavy atom. The molecule has 6 heteroatoms. The number of carboxylic acid groups (broad SMARTS) is 1. The van der Waals surface area contributed by atoms with Gasteiger partial charge in [-0.1, -0.05) is 15.9 Å². The molecule has 0 aromatic heterocycles. The van der Waals surface area contributed by atoms with Crippen molar-refractivity contribution in [1.82, 2.24) is 0 Å². The van der Waals surface area contributed by atoms with E-state index < -0.39 is 23.2 Å². The first-order valence-corrected chi connectivity index (χ1v) is 4.25. The van der Waals surface area contributed by atoms with Gasteiger partial charge >= 0.3 is 11.9 Å². The predicted octanol–water partition coefficient (Wildman–Crippen LogP) is 2.33. The fourth-order valence-corrected chi connectivity index (χ4v) is 1.24. The van der Waals surface area contributed by atoms with Crippen LogP contribution in [0.5, 0.6) is 5.75 Å². The summed E-state index contributed by atoms with van der Waals surface area (Å²) in [7, 11) is 0. The summed E-state index contributed by atoms with van der Waals surface area (Å²) in [6.45, 7) is 0. The summed E-state index contributed by atoms with van der Waals surface area (Å²) in [5.41, 5.74) is -0.931. The van der Waals surface area contributed by atoms with E-state index in [1.807, 2.05) is 0 Å². The maximum atomic E-state index is 12.9. The molecule has 0 aliphatic heterocycles. The van der Waals surface area contributed by atoms with E-state index in [0.717, 1.165) is 12.1 Å². The molecule has 0 aliphatic rings. The lowest BCUT2D eigenvalue weighted by atomic mass is 10.1. The van der Waals surface area contributed by atoms with E-state index in [4.69, 9.17) is 10.2 Å². The Morgan fingerprint density at radius 1 is 1.43 bits per heavy atom. The molecule has 76 valence electrons. The number of carbonyl (C=O) groups is 1. The first-order chi connectivity index (χ1) is 6.35. The summed E-state index contributed by atoms with van der Waals surface area (Å²) in [4.78, 5) is 10.2. The number of aromatic hydroxyl groups is 1. The molecule has 1 rings (SSSR count). The van der Waals surface area contributed by atoms with Crippen LogP contribution >= 0.6 is 15.9 Å². The molecule has 0 saturated carbocycles. The quantitative estimate of drug-likeness (QED) is 0.864. The van der Waals surface area contributed by atoms with Gasteiger partial charge in [0, 0.05) is 4.47 Å². The molecule has 0 amide bonds. The highest BCUT2D eigenvalue weighted by Gasteiger charge is 2.43. The van der Waals surface area contributed by atoms with Crippen LogP contribution in [0.4, 0.5) is 8.78 Å². The van der Waals surface area contributed by atoms with Gasteiger partial charge in [-0.15, -0.1) is 0 Å². The molecule has 1 aromatic rings. The van der Waals surface area contributed by atoms with E-state index in [0.29, 0.717) is 0 Å². The highest BCUT2D eigenvalue weighted by molar-refractivity contribution is 9.10. The van der Waals surface area contributed by atoms with Crippen molar-refractivity contribution in [2.75, 3.05) is 0 Å². The van der Waals surface area contributed by atoms with Gasteiger partial charge in [0.1, 0.15) is 5.75 Å². The smallest absolute Gasteiger partial charge is 0.379 e. The number of rotatable bonds is 2. The number of alkyl halides is 2. The van der Waals surface area contributed by atoms with Crippen LogP contribution in [0.1, 0.15) is 5.56 Å². The van der Waals surface area contributed by atoms with Crippen molar-refractivity contribution < 1.29 is 23.8 Å². The molecule has 0 saturated heterocycles. The average molecular weight is 267 g/mol. The van der Waals surface area contributed by atoms with Gasteiger partial charge in [-0.2, -0.15) is 8.78 Å². The van der Waals surface area contributed by atoms with E-state index in [1.54, 1.807) is 0 Å². The number of phenolic OH excluding ortho intramolecular Hbond substituents is 1. The number of phenols is 1. The maximum Gasteiger partial charge on any atom is 0.379 e. The van der Waals surface area contributed by atoms with E-state index in [9.17, 15) is 13.6 Å². The second kappa shape index (κ2) is 3.53. The summed E-state index contributed by atoms with van der Waals surface area (Å²) in [5, 5.41) is 17.3. The highest BCUT2D eigenvalue weighted by atomic mass is 79.9. The molecule has 0 fully saturated rings. The molecule has 14 heavy (non-hydrogen) atoms. The zero-order chi connectivity index (χ0) is 10.9. The molecular weight excluding hydrogens is 262 g/mol. The molecule has 0 aliphatic carbocycles. The average Bonchev–Trinajstić information content (AvgIpc) is 2.08. The van der Waals surface area contributed by atoms with Crippen LogP contribution in [0.2, 0.25) is 0 Å². The van der Waals surface area contributed by atoms with Gasteiger partial charge in [-0.05, 0) is 18.2 Å². The Labute approximate surface area is 86.1 Å². The molecule has 1 aromatic carbocycles. The zero-order valence-corrected chi connectivity index (χ0v) is 8.25. The molecule has 0 spiro atoms. The number of halogens is 3. The normalized spacial score (nSPS) is 11.4. The summed E-state index contributed by atoms with van der Waals surface area (Å²) in [6.07, 6.45) is 0. The van der Waals surface area contributed by atoms with Crippen LogP contribution in [0.25, 0.3) is 0 Å². The first-order valence-electron chi connectivity index (χ1n) is 3.46. The summed E-state index contributed by atoms with van der Waals surface area (Å²) < 4.78 is 26.1. The van der Waals surface area contributed by atoms with Gasteiger partial charge in [-0.3, -0.25) is 0 Å². The first kappa shape index (κ1) is 10.9. The molecule has 0 bridgehead atoms. The summed E-state index contributed by atoms with van der Waals surface area (Å²) in [5.74, 6) is -7.14. The van der Waals surface area contributed by atoms with Crippen LogP contribution in [-0.2, 0) is 10.7 Å². The van der Waals surface area contributed by atoms with Crippen LogP contribution < -0.4 is 0 Å². The van der Waals surface area contributed by atoms with Crippen molar-refractivity contribution in [3.8, 4) is 5.75 Å². The van der Waals surface area contributed by atoms with Crippen LogP contribution in [0.3, 0.4) is 0 Å². The lowest BCUT2D eigenvalue weighted by Crippen LogP contribution is -2.25. The third-order valence-corrected chi connectivity index (χ3v) is 2.06. The number of hydrogen-bond donors (Lipinski definition) is 2. The van der Waals surface area contributed by atoms with E-state index >= 15 is 0 Å². The minimum atomic E-state index is -4.09. The molecular formula is C8H5BrF2O3. The monoisotopic (exact) mass is 266 g/mol. The topological polar surface area (TPSA) is 57.5 Å². The van der Waals surface area contributed by atoms with Gasteiger partial charge in [0.25, 0.3) is 0 Å². The molecule has 2 N–H and O–H groups in total. The Bertz CT molecular complexity index is 379. The molecule has 0 radical (unpaired) electrons. The van der Waals surface area contributed by atoms with E-state index in [2.05, 4.69) is 15.9 Å². The lowest BCUT2D eigenvalue weighted by Gasteiger charge is -2.12. The zero-order valence-electron chi connectivity index (χ0n) is 6.67. The molecule has 0 unspecified atom stereocenters. The van der Waals surface area contributed by atoms with Crippen molar-refractivity contribution in [2.24, 2.45) is 0 Å². The highest BCUT2D eigenvalue weighted by Crippen LogP contribution is 2.36. The number of benzene rings is 1. The Balaban J connectivity index is 3.31. The Morgan fingerprint density at radius 3 is 2.50 bits per heavy atom. The molecule has 0 atom stereocenters. The maximum absolute atomic E-state index is 12.9. The van der Waals surface area contributed by atoms with Crippen molar-refractivity contribution >= 4 is 21.9 Å². The number of aliphatic carboxylic acids is 1. The van der Waals surface area contributed by atoms with Gasteiger partial charge in [0.15, 0.2) is 0 Å². The second-order valence-electron chi connectivity index (χ2n) is 2.54. The van der Waals surface area contributed by atoms with Gasteiger partial charge < -0.3 is 10.2 Å². The fourth-order valence-electron chi connectivity index (χ4n) is 0.875. The largest absolute Gasteiger partial charge is 0.507 e. The SMILES string of the molecule is O=C(O)C(F)(F)c1cc(Br)ccc1O. The molecule has 0 heterocycles. The van der Waals surface area contributed by atoms with E-state index in [1.165, 1.54) is 6.07 Å². The lowest BCUT2D eigenvalue weighted by molar-refractivity contribution is -0.166. The third-order valence-electron chi connectivity index (χ3n) is 1.57. The van der Waals surface area contributed by atoms with Crippen molar-refractivity contribution in [3.05, 3.63) is 28.2 Å². The Kier molecular flexibility index (Phi) is 2.75. The third kappa shape index (κ3) is 1.84. The predicted molar refractivity (Wildman–Crippen MR) is 47.3 cm³/mol. The van der Waals surface area contributed by atoms with Crippen molar-refractivity contribution in [3.63, 3.8) is 0 Å². The van der Waals surface area contributed by atoms with Crippen LogP contribution in [0, 0.1) is 0 Å². The number of hydrogen-bond acceptors (Lipinski definition) is 2. The standard InChI is InChI=1S/C8H5BrF2O3/c9-4-1-2-6(12)5(3-4)8(10,11)7(13)14/h1-3,12H,(H,13,14). The second-order valence-corrected chi connectivity index (χ2v) is 3.46. The minimum absolute atomic E-state index is 0.270. The van der Waals surface area contributed by atoms with E-state index in [-0.39, 0.29) is 4.47 Å². The fraction of sp³-hybridized carbons (Fsp3) is 0.125. The van der Waals surface area contributed by atoms with Gasteiger partial charge in [0.05, 0.1) is 5.56 Å². The van der Waals surface area contributed by atoms with Gasteiger partial charge in [-0.25, -0.2) is 4.79 Å². The van der Waals surface area contributed by atoms with Gasteiger partial charge in [0.2, 0.25) is 0 Å².